The minimum Gasteiger partial charge on any atom is -0.354 e. The summed E-state index contributed by atoms with van der Waals surface area (Å²) in [5.41, 5.74) is 1.19. The summed E-state index contributed by atoms with van der Waals surface area (Å²) in [4.78, 5) is 26.8. The van der Waals surface area contributed by atoms with E-state index in [1.54, 1.807) is 16.7 Å². The molecule has 5 nitrogen and oxygen atoms in total. The molecule has 0 spiro atoms. The molecule has 0 unspecified atom stereocenters. The average Bonchev–Trinajstić information content (AvgIpc) is 2.78. The van der Waals surface area contributed by atoms with Crippen molar-refractivity contribution >= 4 is 34.5 Å². The summed E-state index contributed by atoms with van der Waals surface area (Å²) in [5, 5.41) is 3.98. The molecule has 6 heteroatoms. The van der Waals surface area contributed by atoms with E-state index in [1.165, 1.54) is 10.9 Å². The Balaban J connectivity index is 1.70. The standard InChI is InChI=1S/C17H21N3O2S/c1-2-19-10-15(13-6-3-4-7-14(13)19)23-12-17(22)20-9-5-8-18-16(21)11-20/h3-4,6-7,10H,2,5,8-9,11-12H2,1H3,(H,18,21). The average molecular weight is 331 g/mol. The summed E-state index contributed by atoms with van der Waals surface area (Å²) >= 11 is 1.55. The van der Waals surface area contributed by atoms with E-state index in [2.05, 4.69) is 35.1 Å². The molecule has 1 aliphatic heterocycles. The molecule has 0 saturated carbocycles. The van der Waals surface area contributed by atoms with Gasteiger partial charge in [0.2, 0.25) is 11.8 Å². The van der Waals surface area contributed by atoms with Gasteiger partial charge in [-0.15, -0.1) is 11.8 Å². The monoisotopic (exact) mass is 331 g/mol. The fourth-order valence-electron chi connectivity index (χ4n) is 2.84. The van der Waals surface area contributed by atoms with Crippen LogP contribution in [0.15, 0.2) is 35.4 Å². The zero-order valence-corrected chi connectivity index (χ0v) is 14.1. The summed E-state index contributed by atoms with van der Waals surface area (Å²) in [6, 6.07) is 8.24. The Morgan fingerprint density at radius 3 is 3.00 bits per heavy atom. The second-order valence-corrected chi connectivity index (χ2v) is 6.62. The molecule has 1 aliphatic rings. The van der Waals surface area contributed by atoms with Gasteiger partial charge in [-0.25, -0.2) is 0 Å². The molecule has 1 aromatic heterocycles. The number of carbonyl (C=O) groups is 2. The lowest BCUT2D eigenvalue weighted by Gasteiger charge is -2.18. The Labute approximate surface area is 140 Å². The topological polar surface area (TPSA) is 54.3 Å². The van der Waals surface area contributed by atoms with E-state index >= 15 is 0 Å². The first kappa shape index (κ1) is 15.9. The number of aryl methyl sites for hydroxylation is 1. The number of para-hydroxylation sites is 1. The van der Waals surface area contributed by atoms with E-state index in [4.69, 9.17) is 0 Å². The highest BCUT2D eigenvalue weighted by Crippen LogP contribution is 2.30. The van der Waals surface area contributed by atoms with Gasteiger partial charge >= 0.3 is 0 Å². The molecule has 2 aromatic rings. The zero-order valence-electron chi connectivity index (χ0n) is 13.2. The minimum atomic E-state index is -0.0663. The second-order valence-electron chi connectivity index (χ2n) is 5.60. The number of rotatable bonds is 4. The number of benzene rings is 1. The van der Waals surface area contributed by atoms with Gasteiger partial charge in [-0.3, -0.25) is 9.59 Å². The van der Waals surface area contributed by atoms with Gasteiger partial charge in [0.15, 0.2) is 0 Å². The third-order valence-corrected chi connectivity index (χ3v) is 5.09. The largest absolute Gasteiger partial charge is 0.354 e. The van der Waals surface area contributed by atoms with Crippen molar-refractivity contribution in [3.05, 3.63) is 30.5 Å². The van der Waals surface area contributed by atoms with E-state index in [-0.39, 0.29) is 18.4 Å². The molecule has 122 valence electrons. The molecule has 2 amide bonds. The van der Waals surface area contributed by atoms with Crippen molar-refractivity contribution in [2.75, 3.05) is 25.4 Å². The summed E-state index contributed by atoms with van der Waals surface area (Å²) in [6.45, 7) is 4.49. The van der Waals surface area contributed by atoms with E-state index in [9.17, 15) is 9.59 Å². The predicted molar refractivity (Wildman–Crippen MR) is 92.5 cm³/mol. The van der Waals surface area contributed by atoms with E-state index in [0.29, 0.717) is 18.8 Å². The smallest absolute Gasteiger partial charge is 0.239 e. The van der Waals surface area contributed by atoms with Crippen LogP contribution in [0.1, 0.15) is 13.3 Å². The van der Waals surface area contributed by atoms with Crippen molar-refractivity contribution in [1.29, 1.82) is 0 Å². The van der Waals surface area contributed by atoms with Crippen molar-refractivity contribution in [2.45, 2.75) is 24.8 Å². The van der Waals surface area contributed by atoms with Crippen LogP contribution in [0.5, 0.6) is 0 Å². The molecule has 1 fully saturated rings. The van der Waals surface area contributed by atoms with Crippen LogP contribution in [0.3, 0.4) is 0 Å². The highest BCUT2D eigenvalue weighted by molar-refractivity contribution is 8.00. The molecule has 1 aromatic carbocycles. The van der Waals surface area contributed by atoms with Gasteiger partial charge in [0.05, 0.1) is 12.3 Å². The quantitative estimate of drug-likeness (QED) is 0.873. The second kappa shape index (κ2) is 7.08. The first-order valence-electron chi connectivity index (χ1n) is 7.94. The number of nitrogens with one attached hydrogen (secondary N) is 1. The molecule has 23 heavy (non-hydrogen) atoms. The first-order chi connectivity index (χ1) is 11.2. The molecule has 3 rings (SSSR count). The normalized spacial score (nSPS) is 15.5. The van der Waals surface area contributed by atoms with Gasteiger partial charge in [0.1, 0.15) is 0 Å². The SMILES string of the molecule is CCn1cc(SCC(=O)N2CCCNC(=O)C2)c2ccccc21. The molecule has 1 N–H and O–H groups in total. The molecule has 0 atom stereocenters. The molecular formula is C17H21N3O2S. The third kappa shape index (κ3) is 3.52. The lowest BCUT2D eigenvalue weighted by molar-refractivity contribution is -0.133. The van der Waals surface area contributed by atoms with Crippen molar-refractivity contribution in [2.24, 2.45) is 0 Å². The third-order valence-electron chi connectivity index (χ3n) is 4.06. The van der Waals surface area contributed by atoms with Crippen LogP contribution < -0.4 is 5.32 Å². The van der Waals surface area contributed by atoms with Gasteiger partial charge < -0.3 is 14.8 Å². The maximum absolute atomic E-state index is 12.4. The molecular weight excluding hydrogens is 310 g/mol. The van der Waals surface area contributed by atoms with E-state index in [0.717, 1.165) is 17.9 Å². The maximum atomic E-state index is 12.4. The van der Waals surface area contributed by atoms with Gasteiger partial charge in [-0.1, -0.05) is 18.2 Å². The highest BCUT2D eigenvalue weighted by Gasteiger charge is 2.20. The van der Waals surface area contributed by atoms with Gasteiger partial charge in [-0.2, -0.15) is 0 Å². The van der Waals surface area contributed by atoms with Gasteiger partial charge in [0.25, 0.3) is 0 Å². The number of aromatic nitrogens is 1. The molecule has 1 saturated heterocycles. The summed E-state index contributed by atoms with van der Waals surface area (Å²) in [6.07, 6.45) is 2.93. The summed E-state index contributed by atoms with van der Waals surface area (Å²) in [7, 11) is 0. The Hall–Kier alpha value is -1.95. The molecule has 0 bridgehead atoms. The lowest BCUT2D eigenvalue weighted by Crippen LogP contribution is -2.38. The number of hydrogen-bond donors (Lipinski definition) is 1. The Kier molecular flexibility index (Phi) is 4.91. The van der Waals surface area contributed by atoms with Crippen molar-refractivity contribution < 1.29 is 9.59 Å². The fourth-order valence-corrected chi connectivity index (χ4v) is 3.83. The van der Waals surface area contributed by atoms with Crippen molar-refractivity contribution in [3.63, 3.8) is 0 Å². The number of carbonyl (C=O) groups excluding carboxylic acids is 2. The van der Waals surface area contributed by atoms with Crippen LogP contribution in [-0.4, -0.2) is 46.7 Å². The van der Waals surface area contributed by atoms with Crippen molar-refractivity contribution in [1.82, 2.24) is 14.8 Å². The highest BCUT2D eigenvalue weighted by atomic mass is 32.2. The van der Waals surface area contributed by atoms with Crippen LogP contribution in [0.4, 0.5) is 0 Å². The number of fused-ring (bicyclic) bond motifs is 1. The van der Waals surface area contributed by atoms with Crippen LogP contribution in [-0.2, 0) is 16.1 Å². The number of thioether (sulfide) groups is 1. The van der Waals surface area contributed by atoms with E-state index in [1.807, 2.05) is 12.1 Å². The van der Waals surface area contributed by atoms with Gasteiger partial charge in [-0.05, 0) is 19.4 Å². The number of amides is 2. The minimum absolute atomic E-state index is 0.0281. The Bertz CT molecular complexity index is 726. The summed E-state index contributed by atoms with van der Waals surface area (Å²) in [5.74, 6) is 0.328. The lowest BCUT2D eigenvalue weighted by atomic mass is 10.2. The van der Waals surface area contributed by atoms with E-state index < -0.39 is 0 Å². The summed E-state index contributed by atoms with van der Waals surface area (Å²) < 4.78 is 2.20. The number of hydrogen-bond acceptors (Lipinski definition) is 3. The Morgan fingerprint density at radius 2 is 2.17 bits per heavy atom. The molecule has 0 aliphatic carbocycles. The molecule has 2 heterocycles. The van der Waals surface area contributed by atoms with Crippen molar-refractivity contribution in [3.8, 4) is 0 Å². The van der Waals surface area contributed by atoms with Crippen LogP contribution >= 0.6 is 11.8 Å². The van der Waals surface area contributed by atoms with Crippen LogP contribution in [0.25, 0.3) is 10.9 Å². The number of nitrogens with zero attached hydrogens (tertiary/aromatic N) is 2. The molecule has 0 radical (unpaired) electrons. The maximum Gasteiger partial charge on any atom is 0.239 e. The Morgan fingerprint density at radius 1 is 1.35 bits per heavy atom. The van der Waals surface area contributed by atoms with Gasteiger partial charge in [0, 0.05) is 41.6 Å². The van der Waals surface area contributed by atoms with Crippen LogP contribution in [0.2, 0.25) is 0 Å². The predicted octanol–water partition coefficient (Wildman–Crippen LogP) is 2.10. The fraction of sp³-hybridized carbons (Fsp3) is 0.412. The zero-order chi connectivity index (χ0) is 16.2. The first-order valence-corrected chi connectivity index (χ1v) is 8.92. The van der Waals surface area contributed by atoms with Crippen LogP contribution in [0, 0.1) is 0 Å².